The lowest BCUT2D eigenvalue weighted by molar-refractivity contribution is -0.858. The van der Waals surface area contributed by atoms with Gasteiger partial charge in [-0.2, -0.15) is 0 Å². The van der Waals surface area contributed by atoms with Gasteiger partial charge in [-0.25, -0.2) is 4.79 Å². The standard InChI is InChI=1S/C12H15Cl2NO3/c1-15(2)5-6-17-12(16)8-18-11-4-3-9(13)7-10(11)14/h3-4,7H,5-6,8H2,1-2H3/p+1. The van der Waals surface area contributed by atoms with Gasteiger partial charge < -0.3 is 14.4 Å². The molecule has 0 bridgehead atoms. The first kappa shape index (κ1) is 15.1. The zero-order valence-electron chi connectivity index (χ0n) is 10.3. The van der Waals surface area contributed by atoms with E-state index in [2.05, 4.69) is 0 Å². The second kappa shape index (κ2) is 7.46. The Morgan fingerprint density at radius 2 is 2.06 bits per heavy atom. The number of nitrogens with one attached hydrogen (secondary N) is 1. The van der Waals surface area contributed by atoms with Gasteiger partial charge in [-0.3, -0.25) is 0 Å². The molecule has 0 radical (unpaired) electrons. The summed E-state index contributed by atoms with van der Waals surface area (Å²) in [6.07, 6.45) is 0. The van der Waals surface area contributed by atoms with Crippen molar-refractivity contribution in [1.29, 1.82) is 0 Å². The van der Waals surface area contributed by atoms with Crippen LogP contribution in [0.4, 0.5) is 0 Å². The highest BCUT2D eigenvalue weighted by Gasteiger charge is 2.08. The van der Waals surface area contributed by atoms with Crippen LogP contribution in [0.5, 0.6) is 5.75 Å². The van der Waals surface area contributed by atoms with Crippen molar-refractivity contribution in [3.8, 4) is 5.75 Å². The quantitative estimate of drug-likeness (QED) is 0.797. The fraction of sp³-hybridized carbons (Fsp3) is 0.417. The van der Waals surface area contributed by atoms with Crippen molar-refractivity contribution < 1.29 is 19.2 Å². The SMILES string of the molecule is C[NH+](C)CCOC(=O)COc1ccc(Cl)cc1Cl. The van der Waals surface area contributed by atoms with Crippen molar-refractivity contribution >= 4 is 29.2 Å². The molecule has 0 heterocycles. The van der Waals surface area contributed by atoms with Crippen LogP contribution >= 0.6 is 23.2 Å². The monoisotopic (exact) mass is 292 g/mol. The van der Waals surface area contributed by atoms with Crippen LogP contribution in [-0.4, -0.2) is 39.8 Å². The first-order valence-electron chi connectivity index (χ1n) is 5.51. The maximum atomic E-state index is 11.4. The molecule has 0 amide bonds. The number of rotatable bonds is 6. The molecule has 1 N–H and O–H groups in total. The van der Waals surface area contributed by atoms with Gasteiger partial charge in [-0.05, 0) is 18.2 Å². The molecule has 0 aliphatic carbocycles. The summed E-state index contributed by atoms with van der Waals surface area (Å²) in [6, 6.07) is 4.81. The largest absolute Gasteiger partial charge is 0.480 e. The molecule has 4 nitrogen and oxygen atoms in total. The lowest BCUT2D eigenvalue weighted by Gasteiger charge is -2.09. The maximum Gasteiger partial charge on any atom is 0.344 e. The number of carbonyl (C=O) groups excluding carboxylic acids is 1. The third-order valence-electron chi connectivity index (χ3n) is 2.10. The van der Waals surface area contributed by atoms with Gasteiger partial charge in [-0.15, -0.1) is 0 Å². The van der Waals surface area contributed by atoms with Gasteiger partial charge in [0.2, 0.25) is 0 Å². The van der Waals surface area contributed by atoms with Gasteiger partial charge in [0, 0.05) is 5.02 Å². The van der Waals surface area contributed by atoms with Crippen molar-refractivity contribution in [3.05, 3.63) is 28.2 Å². The number of ether oxygens (including phenoxy) is 2. The van der Waals surface area contributed by atoms with Gasteiger partial charge in [0.1, 0.15) is 18.9 Å². The summed E-state index contributed by atoms with van der Waals surface area (Å²) in [4.78, 5) is 12.6. The smallest absolute Gasteiger partial charge is 0.344 e. The van der Waals surface area contributed by atoms with Crippen LogP contribution in [0.15, 0.2) is 18.2 Å². The number of quaternary nitrogens is 1. The summed E-state index contributed by atoms with van der Waals surface area (Å²) in [5, 5.41) is 0.886. The van der Waals surface area contributed by atoms with Crippen LogP contribution in [0, 0.1) is 0 Å². The lowest BCUT2D eigenvalue weighted by Crippen LogP contribution is -3.06. The molecule has 1 aromatic carbocycles. The summed E-state index contributed by atoms with van der Waals surface area (Å²) in [6.45, 7) is 0.969. The zero-order chi connectivity index (χ0) is 13.5. The average Bonchev–Trinajstić information content (AvgIpc) is 2.27. The predicted molar refractivity (Wildman–Crippen MR) is 70.6 cm³/mol. The van der Waals surface area contributed by atoms with Gasteiger partial charge in [0.15, 0.2) is 6.61 Å². The Balaban J connectivity index is 2.33. The van der Waals surface area contributed by atoms with Crippen LogP contribution < -0.4 is 9.64 Å². The van der Waals surface area contributed by atoms with E-state index in [-0.39, 0.29) is 6.61 Å². The first-order valence-corrected chi connectivity index (χ1v) is 6.27. The van der Waals surface area contributed by atoms with Gasteiger partial charge in [0.25, 0.3) is 0 Å². The maximum absolute atomic E-state index is 11.4. The Bertz CT molecular complexity index is 410. The van der Waals surface area contributed by atoms with Crippen LogP contribution in [-0.2, 0) is 9.53 Å². The van der Waals surface area contributed by atoms with E-state index in [0.717, 1.165) is 6.54 Å². The van der Waals surface area contributed by atoms with E-state index >= 15 is 0 Å². The predicted octanol–water partition coefficient (Wildman–Crippen LogP) is 1.06. The molecular formula is C12H16Cl2NO3+. The topological polar surface area (TPSA) is 40.0 Å². The van der Waals surface area contributed by atoms with Crippen molar-refractivity contribution in [1.82, 2.24) is 0 Å². The molecule has 0 aromatic heterocycles. The summed E-state index contributed by atoms with van der Waals surface area (Å²) in [5.74, 6) is -0.00137. The lowest BCUT2D eigenvalue weighted by atomic mass is 10.3. The summed E-state index contributed by atoms with van der Waals surface area (Å²) in [7, 11) is 3.97. The van der Waals surface area contributed by atoms with E-state index < -0.39 is 5.97 Å². The Morgan fingerprint density at radius 1 is 1.33 bits per heavy atom. The molecule has 0 unspecified atom stereocenters. The van der Waals surface area contributed by atoms with Crippen molar-refractivity contribution in [2.24, 2.45) is 0 Å². The van der Waals surface area contributed by atoms with Crippen LogP contribution in [0.3, 0.4) is 0 Å². The third kappa shape index (κ3) is 5.58. The summed E-state index contributed by atoms with van der Waals surface area (Å²) >= 11 is 11.6. The number of hydrogen-bond donors (Lipinski definition) is 1. The number of esters is 1. The van der Waals surface area contributed by atoms with Crippen LogP contribution in [0.1, 0.15) is 0 Å². The minimum absolute atomic E-state index is 0.163. The molecule has 0 atom stereocenters. The second-order valence-electron chi connectivity index (χ2n) is 4.04. The van der Waals surface area contributed by atoms with Crippen molar-refractivity contribution in [3.63, 3.8) is 0 Å². The van der Waals surface area contributed by atoms with Crippen molar-refractivity contribution in [2.45, 2.75) is 0 Å². The normalized spacial score (nSPS) is 10.5. The highest BCUT2D eigenvalue weighted by Crippen LogP contribution is 2.27. The van der Waals surface area contributed by atoms with Gasteiger partial charge in [-0.1, -0.05) is 23.2 Å². The molecule has 0 fully saturated rings. The fourth-order valence-corrected chi connectivity index (χ4v) is 1.60. The fourth-order valence-electron chi connectivity index (χ4n) is 1.14. The first-order chi connectivity index (χ1) is 8.49. The third-order valence-corrected chi connectivity index (χ3v) is 2.64. The second-order valence-corrected chi connectivity index (χ2v) is 4.88. The number of benzene rings is 1. The Hall–Kier alpha value is -0.970. The number of hydrogen-bond acceptors (Lipinski definition) is 3. The van der Waals surface area contributed by atoms with E-state index in [4.69, 9.17) is 32.7 Å². The van der Waals surface area contributed by atoms with E-state index in [1.54, 1.807) is 18.2 Å². The Kier molecular flexibility index (Phi) is 6.25. The van der Waals surface area contributed by atoms with E-state index in [1.165, 1.54) is 4.90 Å². The molecule has 1 rings (SSSR count). The molecular weight excluding hydrogens is 277 g/mol. The molecule has 6 heteroatoms. The summed E-state index contributed by atoms with van der Waals surface area (Å²) in [5.41, 5.74) is 0. The molecule has 0 saturated heterocycles. The molecule has 18 heavy (non-hydrogen) atoms. The Morgan fingerprint density at radius 3 is 2.67 bits per heavy atom. The molecule has 0 aliphatic heterocycles. The minimum atomic E-state index is -0.415. The number of carbonyl (C=O) groups is 1. The molecule has 0 aliphatic rings. The van der Waals surface area contributed by atoms with Crippen molar-refractivity contribution in [2.75, 3.05) is 33.9 Å². The van der Waals surface area contributed by atoms with Crippen LogP contribution in [0.2, 0.25) is 10.0 Å². The molecule has 1 aromatic rings. The van der Waals surface area contributed by atoms with E-state index in [9.17, 15) is 4.79 Å². The molecule has 0 spiro atoms. The number of likely N-dealkylation sites (N-methyl/N-ethyl adjacent to an activating group) is 1. The van der Waals surface area contributed by atoms with E-state index in [1.807, 2.05) is 14.1 Å². The highest BCUT2D eigenvalue weighted by molar-refractivity contribution is 6.35. The van der Waals surface area contributed by atoms with Gasteiger partial charge in [0.05, 0.1) is 19.1 Å². The Labute approximate surface area is 116 Å². The molecule has 0 saturated carbocycles. The molecule has 100 valence electrons. The van der Waals surface area contributed by atoms with Crippen LogP contribution in [0.25, 0.3) is 0 Å². The highest BCUT2D eigenvalue weighted by atomic mass is 35.5. The van der Waals surface area contributed by atoms with Gasteiger partial charge >= 0.3 is 5.97 Å². The summed E-state index contributed by atoms with van der Waals surface area (Å²) < 4.78 is 10.2. The van der Waals surface area contributed by atoms with E-state index in [0.29, 0.717) is 22.4 Å². The average molecular weight is 293 g/mol. The zero-order valence-corrected chi connectivity index (χ0v) is 11.8. The minimum Gasteiger partial charge on any atom is -0.480 e. The number of halogens is 2.